The van der Waals surface area contributed by atoms with E-state index in [4.69, 9.17) is 5.73 Å². The molecule has 1 atom stereocenters. The maximum Gasteiger partial charge on any atom is -0.0100 e. The van der Waals surface area contributed by atoms with E-state index in [1.54, 1.807) is 6.20 Å². The molecule has 0 spiro atoms. The molecule has 0 amide bonds. The van der Waals surface area contributed by atoms with Gasteiger partial charge >= 0.3 is 0 Å². The van der Waals surface area contributed by atoms with E-state index in [1.165, 1.54) is 0 Å². The van der Waals surface area contributed by atoms with Crippen LogP contribution < -0.4 is 5.73 Å². The summed E-state index contributed by atoms with van der Waals surface area (Å²) in [5, 5.41) is 0. The van der Waals surface area contributed by atoms with Gasteiger partial charge in [0.2, 0.25) is 0 Å². The van der Waals surface area contributed by atoms with Crippen LogP contribution in [0.3, 0.4) is 0 Å². The zero-order chi connectivity index (χ0) is 6.57. The second-order valence-electron chi connectivity index (χ2n) is 2.49. The average Bonchev–Trinajstić information content (AvgIpc) is 1.67. The van der Waals surface area contributed by atoms with E-state index in [0.29, 0.717) is 11.8 Å². The molecule has 0 aromatic rings. The van der Waals surface area contributed by atoms with Gasteiger partial charge in [-0.05, 0) is 18.0 Å². The predicted octanol–water partition coefficient (Wildman–Crippen LogP) is 1.75. The van der Waals surface area contributed by atoms with Crippen LogP contribution >= 0.6 is 0 Å². The van der Waals surface area contributed by atoms with Gasteiger partial charge in [0.25, 0.3) is 0 Å². The van der Waals surface area contributed by atoms with E-state index in [-0.39, 0.29) is 0 Å². The minimum atomic E-state index is 0.611. The Bertz CT molecular complexity index is 74.5. The average molecular weight is 113 g/mol. The molecule has 1 unspecified atom stereocenters. The van der Waals surface area contributed by atoms with Crippen LogP contribution in [0.4, 0.5) is 0 Å². The maximum atomic E-state index is 5.19. The quantitative estimate of drug-likeness (QED) is 0.580. The summed E-state index contributed by atoms with van der Waals surface area (Å²) >= 11 is 0. The Morgan fingerprint density at radius 3 is 1.88 bits per heavy atom. The van der Waals surface area contributed by atoms with Crippen molar-refractivity contribution in [2.75, 3.05) is 0 Å². The molecule has 1 heteroatoms. The first-order chi connectivity index (χ1) is 3.68. The van der Waals surface area contributed by atoms with Crippen LogP contribution in [0, 0.1) is 11.8 Å². The molecule has 0 fully saturated rings. The highest BCUT2D eigenvalue weighted by Crippen LogP contribution is 2.09. The van der Waals surface area contributed by atoms with Crippen molar-refractivity contribution >= 4 is 0 Å². The van der Waals surface area contributed by atoms with Gasteiger partial charge in [0.05, 0.1) is 0 Å². The summed E-state index contributed by atoms with van der Waals surface area (Å²) < 4.78 is 0. The third kappa shape index (κ3) is 2.67. The second kappa shape index (κ2) is 3.53. The molecular weight excluding hydrogens is 98.1 g/mol. The molecule has 0 aliphatic carbocycles. The first kappa shape index (κ1) is 7.54. The van der Waals surface area contributed by atoms with E-state index in [0.717, 1.165) is 0 Å². The lowest BCUT2D eigenvalue weighted by Crippen LogP contribution is -1.99. The number of hydrogen-bond donors (Lipinski definition) is 1. The Kier molecular flexibility index (Phi) is 3.33. The maximum absolute atomic E-state index is 5.19. The number of allylic oxidation sites excluding steroid dienone is 1. The summed E-state index contributed by atoms with van der Waals surface area (Å²) in [6.45, 7) is 6.53. The fourth-order valence-electron chi connectivity index (χ4n) is 0.397. The molecule has 0 bridgehead atoms. The third-order valence-electron chi connectivity index (χ3n) is 1.47. The standard InChI is InChI=1S/C7H15N/c1-6(2)7(3)4-5-8/h4-7H,8H2,1-3H3. The number of nitrogens with two attached hydrogens (primary N) is 1. The van der Waals surface area contributed by atoms with Crippen molar-refractivity contribution in [1.29, 1.82) is 0 Å². The fourth-order valence-corrected chi connectivity index (χ4v) is 0.397. The number of rotatable bonds is 2. The molecule has 1 nitrogen and oxygen atoms in total. The Morgan fingerprint density at radius 2 is 1.75 bits per heavy atom. The van der Waals surface area contributed by atoms with Crippen LogP contribution in [0.1, 0.15) is 20.8 Å². The van der Waals surface area contributed by atoms with Gasteiger partial charge in [-0.25, -0.2) is 0 Å². The molecule has 0 aromatic carbocycles. The molecule has 0 saturated heterocycles. The monoisotopic (exact) mass is 113 g/mol. The van der Waals surface area contributed by atoms with Crippen LogP contribution in [0.15, 0.2) is 12.3 Å². The first-order valence-electron chi connectivity index (χ1n) is 3.07. The van der Waals surface area contributed by atoms with Gasteiger partial charge in [-0.1, -0.05) is 26.8 Å². The molecule has 0 aliphatic heterocycles. The van der Waals surface area contributed by atoms with Crippen molar-refractivity contribution in [3.8, 4) is 0 Å². The topological polar surface area (TPSA) is 26.0 Å². The molecule has 0 saturated carbocycles. The largest absolute Gasteiger partial charge is 0.405 e. The van der Waals surface area contributed by atoms with Crippen molar-refractivity contribution in [3.05, 3.63) is 12.3 Å². The summed E-state index contributed by atoms with van der Waals surface area (Å²) in [6.07, 6.45) is 3.63. The minimum Gasteiger partial charge on any atom is -0.405 e. The molecule has 0 aliphatic rings. The lowest BCUT2D eigenvalue weighted by molar-refractivity contribution is 0.503. The lowest BCUT2D eigenvalue weighted by Gasteiger charge is -2.08. The molecular formula is C7H15N. The van der Waals surface area contributed by atoms with Gasteiger partial charge in [0, 0.05) is 0 Å². The van der Waals surface area contributed by atoms with E-state index in [1.807, 2.05) is 6.08 Å². The van der Waals surface area contributed by atoms with Gasteiger partial charge in [-0.3, -0.25) is 0 Å². The van der Waals surface area contributed by atoms with Gasteiger partial charge in [-0.2, -0.15) is 0 Å². The highest BCUT2D eigenvalue weighted by Gasteiger charge is 1.99. The second-order valence-corrected chi connectivity index (χ2v) is 2.49. The zero-order valence-electron chi connectivity index (χ0n) is 5.89. The number of hydrogen-bond acceptors (Lipinski definition) is 1. The summed E-state index contributed by atoms with van der Waals surface area (Å²) in [4.78, 5) is 0. The molecule has 0 rings (SSSR count). The van der Waals surface area contributed by atoms with Crippen LogP contribution in [-0.2, 0) is 0 Å². The van der Waals surface area contributed by atoms with Crippen LogP contribution in [0.25, 0.3) is 0 Å². The summed E-state index contributed by atoms with van der Waals surface area (Å²) in [5.74, 6) is 1.31. The van der Waals surface area contributed by atoms with Crippen LogP contribution in [0.2, 0.25) is 0 Å². The Hall–Kier alpha value is -0.460. The van der Waals surface area contributed by atoms with E-state index >= 15 is 0 Å². The van der Waals surface area contributed by atoms with Crippen molar-refractivity contribution in [3.63, 3.8) is 0 Å². The van der Waals surface area contributed by atoms with Crippen molar-refractivity contribution in [2.24, 2.45) is 17.6 Å². The lowest BCUT2D eigenvalue weighted by atomic mass is 9.98. The van der Waals surface area contributed by atoms with E-state index in [2.05, 4.69) is 20.8 Å². The Balaban J connectivity index is 3.47. The van der Waals surface area contributed by atoms with Crippen molar-refractivity contribution in [2.45, 2.75) is 20.8 Å². The Labute approximate surface area is 51.6 Å². The summed E-state index contributed by atoms with van der Waals surface area (Å²) in [6, 6.07) is 0. The first-order valence-corrected chi connectivity index (χ1v) is 3.07. The van der Waals surface area contributed by atoms with Gasteiger partial charge < -0.3 is 5.73 Å². The Morgan fingerprint density at radius 1 is 1.25 bits per heavy atom. The highest BCUT2D eigenvalue weighted by molar-refractivity contribution is 4.83. The molecule has 0 radical (unpaired) electrons. The third-order valence-corrected chi connectivity index (χ3v) is 1.47. The molecule has 0 heterocycles. The minimum absolute atomic E-state index is 0.611. The normalized spacial score (nSPS) is 15.5. The van der Waals surface area contributed by atoms with Crippen molar-refractivity contribution < 1.29 is 0 Å². The van der Waals surface area contributed by atoms with Gasteiger partial charge in [-0.15, -0.1) is 0 Å². The highest BCUT2D eigenvalue weighted by atomic mass is 14.5. The molecule has 48 valence electrons. The summed E-state index contributed by atoms with van der Waals surface area (Å²) in [5.41, 5.74) is 5.19. The van der Waals surface area contributed by atoms with Crippen LogP contribution in [0.5, 0.6) is 0 Å². The van der Waals surface area contributed by atoms with Gasteiger partial charge in [0.15, 0.2) is 0 Å². The molecule has 0 aromatic heterocycles. The smallest absolute Gasteiger partial charge is 0.0100 e. The molecule has 8 heavy (non-hydrogen) atoms. The molecule has 2 N–H and O–H groups in total. The zero-order valence-corrected chi connectivity index (χ0v) is 5.89. The summed E-state index contributed by atoms with van der Waals surface area (Å²) in [7, 11) is 0. The predicted molar refractivity (Wildman–Crippen MR) is 37.3 cm³/mol. The SMILES string of the molecule is CC(C)C(C)C=CN. The van der Waals surface area contributed by atoms with E-state index in [9.17, 15) is 0 Å². The van der Waals surface area contributed by atoms with Gasteiger partial charge in [0.1, 0.15) is 0 Å². The van der Waals surface area contributed by atoms with E-state index < -0.39 is 0 Å². The van der Waals surface area contributed by atoms with Crippen molar-refractivity contribution in [1.82, 2.24) is 0 Å². The fraction of sp³-hybridized carbons (Fsp3) is 0.714. The van der Waals surface area contributed by atoms with Crippen LogP contribution in [-0.4, -0.2) is 0 Å².